The van der Waals surface area contributed by atoms with Crippen LogP contribution < -0.4 is 10.4 Å². The first-order valence-corrected chi connectivity index (χ1v) is 8.23. The monoisotopic (exact) mass is 328 g/mol. The Balaban J connectivity index is 1.77. The van der Waals surface area contributed by atoms with Crippen molar-refractivity contribution in [1.29, 1.82) is 0 Å². The highest BCUT2D eigenvalue weighted by atomic mass is 16.6. The molecule has 4 rings (SSSR count). The van der Waals surface area contributed by atoms with Crippen LogP contribution in [0.4, 0.5) is 0 Å². The molecule has 24 heavy (non-hydrogen) atoms. The van der Waals surface area contributed by atoms with Crippen molar-refractivity contribution < 1.29 is 18.7 Å². The number of fused-ring (bicyclic) bond motifs is 3. The van der Waals surface area contributed by atoms with Crippen LogP contribution in [-0.2, 0) is 9.53 Å². The standard InChI is InChI=1S/C19H20O5/c1-9-6-5-7-13-14(9)16-15(18(21)23-13)11(10(2)22-16)8-12(20)17-19(3,4)24-17/h5-7,10-11,17H,8H2,1-4H3/t10-,11-,17?/m1/s1. The summed E-state index contributed by atoms with van der Waals surface area (Å²) in [6, 6.07) is 5.56. The van der Waals surface area contributed by atoms with E-state index >= 15 is 0 Å². The van der Waals surface area contributed by atoms with Crippen molar-refractivity contribution in [3.8, 4) is 5.75 Å². The van der Waals surface area contributed by atoms with Crippen molar-refractivity contribution in [2.75, 3.05) is 0 Å². The van der Waals surface area contributed by atoms with E-state index in [1.165, 1.54) is 0 Å². The van der Waals surface area contributed by atoms with E-state index in [1.807, 2.05) is 39.8 Å². The molecule has 3 heterocycles. The van der Waals surface area contributed by atoms with Crippen molar-refractivity contribution in [2.45, 2.75) is 57.8 Å². The molecule has 2 aromatic rings. The van der Waals surface area contributed by atoms with Gasteiger partial charge in [0.2, 0.25) is 0 Å². The average Bonchev–Trinajstić information content (AvgIpc) is 3.01. The zero-order valence-corrected chi connectivity index (χ0v) is 14.2. The third kappa shape index (κ3) is 2.18. The van der Waals surface area contributed by atoms with Gasteiger partial charge in [-0.05, 0) is 39.3 Å². The number of carbonyl (C=O) groups excluding carboxylic acids is 1. The predicted octanol–water partition coefficient (Wildman–Crippen LogP) is 3.10. The summed E-state index contributed by atoms with van der Waals surface area (Å²) in [6.07, 6.45) is -0.411. The molecule has 0 radical (unpaired) electrons. The Morgan fingerprint density at radius 3 is 2.67 bits per heavy atom. The van der Waals surface area contributed by atoms with Crippen LogP contribution in [0.15, 0.2) is 27.4 Å². The van der Waals surface area contributed by atoms with Crippen LogP contribution in [0, 0.1) is 6.92 Å². The summed E-state index contributed by atoms with van der Waals surface area (Å²) in [4.78, 5) is 25.0. The quantitative estimate of drug-likeness (QED) is 0.639. The molecule has 1 aromatic carbocycles. The van der Waals surface area contributed by atoms with Crippen LogP contribution in [0.3, 0.4) is 0 Å². The lowest BCUT2D eigenvalue weighted by Crippen LogP contribution is -2.24. The highest BCUT2D eigenvalue weighted by Crippen LogP contribution is 2.45. The van der Waals surface area contributed by atoms with Gasteiger partial charge in [-0.25, -0.2) is 4.79 Å². The molecule has 0 aliphatic carbocycles. The first-order chi connectivity index (χ1) is 11.3. The summed E-state index contributed by atoms with van der Waals surface area (Å²) in [5.74, 6) is 0.283. The molecule has 3 atom stereocenters. The Bertz CT molecular complexity index is 908. The highest BCUT2D eigenvalue weighted by Gasteiger charge is 2.53. The Morgan fingerprint density at radius 2 is 2.00 bits per heavy atom. The fraction of sp³-hybridized carbons (Fsp3) is 0.474. The van der Waals surface area contributed by atoms with E-state index in [2.05, 4.69) is 0 Å². The maximum atomic E-state index is 12.5. The van der Waals surface area contributed by atoms with Gasteiger partial charge >= 0.3 is 5.63 Å². The zero-order valence-electron chi connectivity index (χ0n) is 14.2. The Morgan fingerprint density at radius 1 is 1.29 bits per heavy atom. The van der Waals surface area contributed by atoms with Gasteiger partial charge in [-0.3, -0.25) is 4.79 Å². The molecule has 0 bridgehead atoms. The Labute approximate surface area is 139 Å². The molecule has 0 saturated carbocycles. The third-order valence-electron chi connectivity index (χ3n) is 5.08. The molecule has 5 nitrogen and oxygen atoms in total. The van der Waals surface area contributed by atoms with Gasteiger partial charge in [0.15, 0.2) is 5.78 Å². The number of hydrogen-bond acceptors (Lipinski definition) is 5. The highest BCUT2D eigenvalue weighted by molar-refractivity contribution is 5.90. The van der Waals surface area contributed by atoms with Gasteiger partial charge in [0, 0.05) is 12.3 Å². The topological polar surface area (TPSA) is 69.0 Å². The second-order valence-electron chi connectivity index (χ2n) is 7.28. The molecule has 1 fully saturated rings. The van der Waals surface area contributed by atoms with E-state index in [0.29, 0.717) is 16.9 Å². The molecule has 0 amide bonds. The van der Waals surface area contributed by atoms with Crippen LogP contribution in [-0.4, -0.2) is 23.6 Å². The fourth-order valence-corrected chi connectivity index (χ4v) is 3.66. The largest absolute Gasteiger partial charge is 0.489 e. The van der Waals surface area contributed by atoms with Crippen LogP contribution in [0.5, 0.6) is 5.75 Å². The van der Waals surface area contributed by atoms with Crippen molar-refractivity contribution in [2.24, 2.45) is 0 Å². The maximum Gasteiger partial charge on any atom is 0.343 e. The maximum absolute atomic E-state index is 12.5. The molecule has 2 aliphatic rings. The number of benzene rings is 1. The molecule has 5 heteroatoms. The predicted molar refractivity (Wildman–Crippen MR) is 88.6 cm³/mol. The molecule has 126 valence electrons. The van der Waals surface area contributed by atoms with Gasteiger partial charge in [-0.1, -0.05) is 12.1 Å². The van der Waals surface area contributed by atoms with Crippen LogP contribution in [0.2, 0.25) is 0 Å². The van der Waals surface area contributed by atoms with Gasteiger partial charge in [-0.15, -0.1) is 0 Å². The van der Waals surface area contributed by atoms with Crippen molar-refractivity contribution in [3.63, 3.8) is 0 Å². The third-order valence-corrected chi connectivity index (χ3v) is 5.08. The second kappa shape index (κ2) is 4.93. The Kier molecular flexibility index (Phi) is 3.16. The fourth-order valence-electron chi connectivity index (χ4n) is 3.66. The molecule has 2 aliphatic heterocycles. The van der Waals surface area contributed by atoms with E-state index < -0.39 is 11.2 Å². The number of ketones is 1. The smallest absolute Gasteiger partial charge is 0.343 e. The van der Waals surface area contributed by atoms with E-state index in [9.17, 15) is 9.59 Å². The molecule has 1 saturated heterocycles. The first-order valence-electron chi connectivity index (χ1n) is 8.23. The SMILES string of the molecule is Cc1cccc2oc(=O)c3c(c12)O[C@H](C)[C@H]3CC(=O)C1OC1(C)C. The van der Waals surface area contributed by atoms with Gasteiger partial charge in [-0.2, -0.15) is 0 Å². The lowest BCUT2D eigenvalue weighted by Gasteiger charge is -2.12. The molecule has 1 aromatic heterocycles. The number of hydrogen-bond donors (Lipinski definition) is 0. The lowest BCUT2D eigenvalue weighted by molar-refractivity contribution is -0.120. The summed E-state index contributed by atoms with van der Waals surface area (Å²) in [6.45, 7) is 7.63. The number of rotatable bonds is 3. The number of ether oxygens (including phenoxy) is 2. The van der Waals surface area contributed by atoms with Gasteiger partial charge in [0.1, 0.15) is 23.5 Å². The summed E-state index contributed by atoms with van der Waals surface area (Å²) >= 11 is 0. The first kappa shape index (κ1) is 15.4. The Hall–Kier alpha value is -2.14. The van der Waals surface area contributed by atoms with Crippen LogP contribution in [0.25, 0.3) is 11.0 Å². The molecule has 0 N–H and O–H groups in total. The summed E-state index contributed by atoms with van der Waals surface area (Å²) in [7, 11) is 0. The minimum atomic E-state index is -0.416. The van der Waals surface area contributed by atoms with E-state index in [0.717, 1.165) is 10.9 Å². The van der Waals surface area contributed by atoms with E-state index in [1.54, 1.807) is 6.07 Å². The molecular weight excluding hydrogens is 308 g/mol. The summed E-state index contributed by atoms with van der Waals surface area (Å²) in [5, 5.41) is 0.817. The van der Waals surface area contributed by atoms with Gasteiger partial charge in [0.05, 0.1) is 16.6 Å². The van der Waals surface area contributed by atoms with Crippen LogP contribution >= 0.6 is 0 Å². The number of aryl methyl sites for hydroxylation is 1. The van der Waals surface area contributed by atoms with Crippen LogP contribution in [0.1, 0.15) is 44.2 Å². The van der Waals surface area contributed by atoms with Gasteiger partial charge in [0.25, 0.3) is 0 Å². The number of carbonyl (C=O) groups is 1. The molecule has 1 unspecified atom stereocenters. The minimum absolute atomic E-state index is 0.0116. The van der Waals surface area contributed by atoms with Crippen molar-refractivity contribution in [3.05, 3.63) is 39.7 Å². The lowest BCUT2D eigenvalue weighted by atomic mass is 9.89. The van der Waals surface area contributed by atoms with Crippen molar-refractivity contribution >= 4 is 16.8 Å². The summed E-state index contributed by atoms with van der Waals surface area (Å²) in [5.41, 5.74) is 1.17. The average molecular weight is 328 g/mol. The van der Waals surface area contributed by atoms with Gasteiger partial charge < -0.3 is 13.9 Å². The number of epoxide rings is 1. The normalized spacial score (nSPS) is 26.9. The van der Waals surface area contributed by atoms with E-state index in [4.69, 9.17) is 13.9 Å². The van der Waals surface area contributed by atoms with Crippen molar-refractivity contribution in [1.82, 2.24) is 0 Å². The minimum Gasteiger partial charge on any atom is -0.489 e. The molecular formula is C19H20O5. The van der Waals surface area contributed by atoms with E-state index in [-0.39, 0.29) is 30.3 Å². The summed E-state index contributed by atoms with van der Waals surface area (Å²) < 4.78 is 16.9. The second-order valence-corrected chi connectivity index (χ2v) is 7.28. The zero-order chi connectivity index (χ0) is 17.2. The molecule has 0 spiro atoms. The number of Topliss-reactive ketones (excluding diaryl/α,β-unsaturated/α-hetero) is 1.